The van der Waals surface area contributed by atoms with Crippen LogP contribution >= 0.6 is 11.6 Å². The minimum atomic E-state index is -0.882. The minimum Gasteiger partial charge on any atom is -0.507 e. The maximum absolute atomic E-state index is 12.5. The third kappa shape index (κ3) is 7.88. The number of aromatic hydroxyl groups is 1. The fourth-order valence-electron chi connectivity index (χ4n) is 2.62. The summed E-state index contributed by atoms with van der Waals surface area (Å²) in [5.74, 6) is -0.774. The number of hydrazone groups is 1. The number of rotatable bonds is 10. The van der Waals surface area contributed by atoms with Crippen molar-refractivity contribution in [1.82, 2.24) is 10.7 Å². The molecule has 0 bridgehead atoms. The van der Waals surface area contributed by atoms with Gasteiger partial charge in [0.1, 0.15) is 17.5 Å². The zero-order valence-corrected chi connectivity index (χ0v) is 18.2. The average Bonchev–Trinajstić information content (AvgIpc) is 2.73. The Kier molecular flexibility index (Phi) is 8.96. The lowest BCUT2D eigenvalue weighted by molar-refractivity contribution is -0.384. The zero-order chi connectivity index (χ0) is 23.7. The third-order valence-corrected chi connectivity index (χ3v) is 4.39. The molecule has 32 heavy (non-hydrogen) atoms. The maximum atomic E-state index is 12.5. The number of nitro groups is 1. The molecule has 2 aromatic rings. The quantitative estimate of drug-likeness (QED) is 0.281. The van der Waals surface area contributed by atoms with E-state index in [0.717, 1.165) is 24.4 Å². The first-order chi connectivity index (χ1) is 15.2. The highest BCUT2D eigenvalue weighted by Gasteiger charge is 2.22. The fraction of sp³-hybridized carbons (Fsp3) is 0.286. The smallest absolute Gasteiger partial charge is 0.270 e. The molecule has 0 aliphatic rings. The molecule has 0 spiro atoms. The van der Waals surface area contributed by atoms with E-state index in [1.807, 2.05) is 13.8 Å². The third-order valence-electron chi connectivity index (χ3n) is 4.14. The molecule has 0 radical (unpaired) electrons. The summed E-state index contributed by atoms with van der Waals surface area (Å²) >= 11 is 5.80. The number of phenols is 1. The molecule has 10 nitrogen and oxygen atoms in total. The van der Waals surface area contributed by atoms with Gasteiger partial charge in [-0.3, -0.25) is 19.7 Å². The molecule has 0 saturated heterocycles. The molecular weight excluding hydrogens is 440 g/mol. The fourth-order valence-corrected chi connectivity index (χ4v) is 2.75. The van der Waals surface area contributed by atoms with Crippen LogP contribution < -0.4 is 15.5 Å². The summed E-state index contributed by atoms with van der Waals surface area (Å²) < 4.78 is 5.38. The van der Waals surface area contributed by atoms with Crippen LogP contribution in [0.2, 0.25) is 5.02 Å². The van der Waals surface area contributed by atoms with E-state index in [9.17, 15) is 24.8 Å². The van der Waals surface area contributed by atoms with Crippen molar-refractivity contribution in [1.29, 1.82) is 0 Å². The molecule has 3 N–H and O–H groups in total. The number of non-ortho nitro benzene ring substituents is 1. The van der Waals surface area contributed by atoms with Gasteiger partial charge in [-0.15, -0.1) is 0 Å². The molecular formula is C21H23ClN4O6. The van der Waals surface area contributed by atoms with Gasteiger partial charge in [0.2, 0.25) is 0 Å². The molecule has 1 atom stereocenters. The van der Waals surface area contributed by atoms with Crippen LogP contribution in [-0.4, -0.2) is 40.7 Å². The molecule has 2 amide bonds. The summed E-state index contributed by atoms with van der Waals surface area (Å²) in [6.07, 6.45) is 1.42. The normalized spacial score (nSPS) is 11.9. The van der Waals surface area contributed by atoms with Crippen molar-refractivity contribution in [3.63, 3.8) is 0 Å². The van der Waals surface area contributed by atoms with Crippen LogP contribution in [-0.2, 0) is 9.59 Å². The van der Waals surface area contributed by atoms with Crippen LogP contribution in [0.5, 0.6) is 11.5 Å². The summed E-state index contributed by atoms with van der Waals surface area (Å²) in [5.41, 5.74) is 2.10. The molecule has 0 heterocycles. The number of nitrogens with zero attached hydrogens (tertiary/aromatic N) is 2. The molecule has 0 aliphatic heterocycles. The number of carbonyl (C=O) groups excluding carboxylic acids is 2. The summed E-state index contributed by atoms with van der Waals surface area (Å²) in [5, 5.41) is 27.5. The Morgan fingerprint density at radius 2 is 1.94 bits per heavy atom. The lowest BCUT2D eigenvalue weighted by Gasteiger charge is -2.19. The minimum absolute atomic E-state index is 0.0558. The van der Waals surface area contributed by atoms with E-state index >= 15 is 0 Å². The first-order valence-corrected chi connectivity index (χ1v) is 10.0. The van der Waals surface area contributed by atoms with Gasteiger partial charge in [0.25, 0.3) is 17.5 Å². The number of nitro benzene ring substituents is 1. The Hall–Kier alpha value is -3.66. The molecule has 0 fully saturated rings. The summed E-state index contributed by atoms with van der Waals surface area (Å²) in [6, 6.07) is 9.02. The summed E-state index contributed by atoms with van der Waals surface area (Å²) in [6.45, 7) is 3.48. The second kappa shape index (κ2) is 11.7. The van der Waals surface area contributed by atoms with E-state index in [-0.39, 0.29) is 29.5 Å². The first-order valence-electron chi connectivity index (χ1n) is 9.63. The van der Waals surface area contributed by atoms with Gasteiger partial charge < -0.3 is 15.2 Å². The number of hydrogen-bond donors (Lipinski definition) is 3. The highest BCUT2D eigenvalue weighted by molar-refractivity contribution is 6.30. The van der Waals surface area contributed by atoms with E-state index in [2.05, 4.69) is 15.8 Å². The topological polar surface area (TPSA) is 143 Å². The Balaban J connectivity index is 1.97. The van der Waals surface area contributed by atoms with Gasteiger partial charge in [0.15, 0.2) is 6.61 Å². The van der Waals surface area contributed by atoms with Crippen LogP contribution in [0.4, 0.5) is 5.69 Å². The number of halogens is 1. The van der Waals surface area contributed by atoms with Crippen LogP contribution in [0.3, 0.4) is 0 Å². The predicted octanol–water partition coefficient (Wildman–Crippen LogP) is 3.01. The monoisotopic (exact) mass is 462 g/mol. The van der Waals surface area contributed by atoms with Crippen molar-refractivity contribution in [2.75, 3.05) is 6.61 Å². The summed E-state index contributed by atoms with van der Waals surface area (Å²) in [4.78, 5) is 35.0. The highest BCUT2D eigenvalue weighted by Crippen LogP contribution is 2.21. The molecule has 0 unspecified atom stereocenters. The van der Waals surface area contributed by atoms with Crippen LogP contribution in [0, 0.1) is 16.0 Å². The molecule has 2 rings (SSSR count). The van der Waals surface area contributed by atoms with Crippen molar-refractivity contribution in [2.24, 2.45) is 11.0 Å². The van der Waals surface area contributed by atoms with Crippen molar-refractivity contribution >= 4 is 35.3 Å². The SMILES string of the molecule is CC(C)C[C@@H](NC(=O)COc1ccc(Cl)cc1)C(=O)N/N=C\c1cc([N+](=O)[O-])ccc1O. The van der Waals surface area contributed by atoms with Crippen molar-refractivity contribution < 1.29 is 24.4 Å². The van der Waals surface area contributed by atoms with Crippen molar-refractivity contribution in [2.45, 2.75) is 26.3 Å². The van der Waals surface area contributed by atoms with E-state index in [1.54, 1.807) is 24.3 Å². The number of hydrogen-bond acceptors (Lipinski definition) is 7. The van der Waals surface area contributed by atoms with E-state index in [4.69, 9.17) is 16.3 Å². The number of phenolic OH excluding ortho intramolecular Hbond substituents is 1. The van der Waals surface area contributed by atoms with Gasteiger partial charge in [-0.1, -0.05) is 25.4 Å². The van der Waals surface area contributed by atoms with Gasteiger partial charge in [-0.05, 0) is 42.7 Å². The molecule has 2 aromatic carbocycles. The maximum Gasteiger partial charge on any atom is 0.270 e. The highest BCUT2D eigenvalue weighted by atomic mass is 35.5. The van der Waals surface area contributed by atoms with Gasteiger partial charge >= 0.3 is 0 Å². The summed E-state index contributed by atoms with van der Waals surface area (Å²) in [7, 11) is 0. The van der Waals surface area contributed by atoms with Gasteiger partial charge in [0.05, 0.1) is 11.1 Å². The number of amides is 2. The second-order valence-corrected chi connectivity index (χ2v) is 7.66. The van der Waals surface area contributed by atoms with Crippen molar-refractivity contribution in [3.8, 4) is 11.5 Å². The van der Waals surface area contributed by atoms with E-state index < -0.39 is 22.8 Å². The standard InChI is InChI=1S/C21H23ClN4O6/c1-13(2)9-18(24-20(28)12-32-17-6-3-15(22)4-7-17)21(29)25-23-11-14-10-16(26(30)31)5-8-19(14)27/h3-8,10-11,13,18,27H,9,12H2,1-2H3,(H,24,28)(H,25,29)/b23-11-/t18-/m1/s1. The number of benzene rings is 2. The molecule has 0 saturated carbocycles. The second-order valence-electron chi connectivity index (χ2n) is 7.23. The van der Waals surface area contributed by atoms with Crippen molar-refractivity contribution in [3.05, 3.63) is 63.2 Å². The molecule has 0 aliphatic carbocycles. The number of nitrogens with one attached hydrogen (secondary N) is 2. The van der Waals surface area contributed by atoms with E-state index in [0.29, 0.717) is 17.2 Å². The van der Waals surface area contributed by atoms with Crippen LogP contribution in [0.25, 0.3) is 0 Å². The Morgan fingerprint density at radius 3 is 2.56 bits per heavy atom. The first kappa shape index (κ1) is 24.6. The molecule has 11 heteroatoms. The Labute approximate surface area is 189 Å². The lowest BCUT2D eigenvalue weighted by Crippen LogP contribution is -2.47. The van der Waals surface area contributed by atoms with E-state index in [1.165, 1.54) is 0 Å². The molecule has 170 valence electrons. The largest absolute Gasteiger partial charge is 0.507 e. The zero-order valence-electron chi connectivity index (χ0n) is 17.4. The van der Waals surface area contributed by atoms with Gasteiger partial charge in [0, 0.05) is 22.7 Å². The Bertz CT molecular complexity index is 994. The lowest BCUT2D eigenvalue weighted by atomic mass is 10.0. The van der Waals surface area contributed by atoms with Crippen LogP contribution in [0.1, 0.15) is 25.8 Å². The Morgan fingerprint density at radius 1 is 1.25 bits per heavy atom. The number of carbonyl (C=O) groups is 2. The molecule has 0 aromatic heterocycles. The average molecular weight is 463 g/mol. The predicted molar refractivity (Wildman–Crippen MR) is 119 cm³/mol. The van der Waals surface area contributed by atoms with Gasteiger partial charge in [-0.25, -0.2) is 5.43 Å². The number of ether oxygens (including phenoxy) is 1. The van der Waals surface area contributed by atoms with Gasteiger partial charge in [-0.2, -0.15) is 5.10 Å². The van der Waals surface area contributed by atoms with Crippen LogP contribution in [0.15, 0.2) is 47.6 Å².